The van der Waals surface area contributed by atoms with Crippen molar-refractivity contribution in [3.05, 3.63) is 0 Å². The molecule has 0 aromatic carbocycles. The van der Waals surface area contributed by atoms with Gasteiger partial charge in [-0.25, -0.2) is 0 Å². The quantitative estimate of drug-likeness (QED) is 0.483. The molecule has 1 fully saturated rings. The minimum absolute atomic E-state index is 0.140. The summed E-state index contributed by atoms with van der Waals surface area (Å²) in [5.74, 6) is 0. The van der Waals surface area contributed by atoms with Crippen LogP contribution in [0.3, 0.4) is 0 Å². The van der Waals surface area contributed by atoms with Gasteiger partial charge in [0.25, 0.3) is 0 Å². The number of piperazine rings is 1. The fraction of sp³-hybridized carbons (Fsp3) is 1.00. The molecule has 1 aliphatic heterocycles. The van der Waals surface area contributed by atoms with Crippen molar-refractivity contribution < 1.29 is 10.2 Å². The number of hydrogen-bond donors (Lipinski definition) is 3. The van der Waals surface area contributed by atoms with Crippen LogP contribution >= 0.6 is 0 Å². The van der Waals surface area contributed by atoms with Gasteiger partial charge in [0.15, 0.2) is 0 Å². The van der Waals surface area contributed by atoms with Gasteiger partial charge in [-0.15, -0.1) is 0 Å². The molecule has 0 aromatic heterocycles. The van der Waals surface area contributed by atoms with E-state index in [0.29, 0.717) is 6.54 Å². The van der Waals surface area contributed by atoms with Gasteiger partial charge in [0.05, 0.1) is 12.7 Å². The molecule has 0 saturated carbocycles. The highest BCUT2D eigenvalue weighted by molar-refractivity contribution is 4.73. The van der Waals surface area contributed by atoms with Crippen LogP contribution in [0, 0.1) is 0 Å². The van der Waals surface area contributed by atoms with E-state index in [1.54, 1.807) is 0 Å². The molecule has 0 aliphatic carbocycles. The van der Waals surface area contributed by atoms with Crippen molar-refractivity contribution >= 4 is 0 Å². The van der Waals surface area contributed by atoms with Gasteiger partial charge < -0.3 is 20.8 Å². The molecule has 0 bridgehead atoms. The summed E-state index contributed by atoms with van der Waals surface area (Å²) in [4.78, 5) is 4.69. The monoisotopic (exact) mass is 245 g/mol. The largest absolute Gasteiger partial charge is 0.394 e. The Hall–Kier alpha value is -0.200. The average molecular weight is 245 g/mol. The number of aliphatic hydroxyl groups excluding tert-OH is 2. The molecule has 1 rings (SSSR count). The summed E-state index contributed by atoms with van der Waals surface area (Å²) in [6, 6.07) is 0. The Bertz CT molecular complexity index is 185. The van der Waals surface area contributed by atoms with Crippen molar-refractivity contribution in [2.45, 2.75) is 25.4 Å². The zero-order valence-corrected chi connectivity index (χ0v) is 10.7. The highest BCUT2D eigenvalue weighted by atomic mass is 16.3. The fourth-order valence-electron chi connectivity index (χ4n) is 2.21. The summed E-state index contributed by atoms with van der Waals surface area (Å²) >= 11 is 0. The van der Waals surface area contributed by atoms with E-state index in [2.05, 4.69) is 9.80 Å². The highest BCUT2D eigenvalue weighted by Crippen LogP contribution is 2.05. The molecular formula is C12H27N3O2. The number of nitrogens with two attached hydrogens (primary N) is 1. The Labute approximate surface area is 104 Å². The second kappa shape index (κ2) is 8.83. The van der Waals surface area contributed by atoms with Crippen molar-refractivity contribution in [3.63, 3.8) is 0 Å². The van der Waals surface area contributed by atoms with E-state index in [4.69, 9.17) is 10.8 Å². The molecule has 4 N–H and O–H groups in total. The lowest BCUT2D eigenvalue weighted by Gasteiger charge is -2.35. The molecule has 102 valence electrons. The summed E-state index contributed by atoms with van der Waals surface area (Å²) in [6.45, 7) is 6.55. The fourth-order valence-corrected chi connectivity index (χ4v) is 2.21. The average Bonchev–Trinajstić information content (AvgIpc) is 2.36. The van der Waals surface area contributed by atoms with Crippen LogP contribution in [0.1, 0.15) is 19.3 Å². The smallest absolute Gasteiger partial charge is 0.0897 e. The first-order valence-electron chi connectivity index (χ1n) is 6.70. The van der Waals surface area contributed by atoms with E-state index in [9.17, 15) is 5.11 Å². The molecule has 5 nitrogen and oxygen atoms in total. The SMILES string of the molecule is NCCCCCN1CCN(CC(O)CO)CC1. The Morgan fingerprint density at radius 2 is 1.65 bits per heavy atom. The lowest BCUT2D eigenvalue weighted by Crippen LogP contribution is -2.49. The third-order valence-electron chi connectivity index (χ3n) is 3.32. The summed E-state index contributed by atoms with van der Waals surface area (Å²) < 4.78 is 0. The van der Waals surface area contributed by atoms with Gasteiger partial charge >= 0.3 is 0 Å². The number of nitrogens with zero attached hydrogens (tertiary/aromatic N) is 2. The van der Waals surface area contributed by atoms with Crippen LogP contribution in [0.2, 0.25) is 0 Å². The van der Waals surface area contributed by atoms with Crippen molar-refractivity contribution in [2.24, 2.45) is 5.73 Å². The summed E-state index contributed by atoms with van der Waals surface area (Å²) in [6.07, 6.45) is 2.99. The predicted molar refractivity (Wildman–Crippen MR) is 68.9 cm³/mol. The lowest BCUT2D eigenvalue weighted by molar-refractivity contribution is 0.0393. The molecule has 1 saturated heterocycles. The van der Waals surface area contributed by atoms with Crippen LogP contribution < -0.4 is 5.73 Å². The maximum Gasteiger partial charge on any atom is 0.0897 e. The van der Waals surface area contributed by atoms with Crippen LogP contribution in [-0.2, 0) is 0 Å². The van der Waals surface area contributed by atoms with Crippen LogP contribution in [0.25, 0.3) is 0 Å². The molecule has 1 aliphatic rings. The van der Waals surface area contributed by atoms with Gasteiger partial charge in [-0.1, -0.05) is 6.42 Å². The lowest BCUT2D eigenvalue weighted by atomic mass is 10.2. The molecule has 5 heteroatoms. The van der Waals surface area contributed by atoms with E-state index < -0.39 is 6.10 Å². The number of β-amino-alcohol motifs (C(OH)–C–C–N with tert-alkyl or cyclic N) is 1. The van der Waals surface area contributed by atoms with Crippen LogP contribution in [0.5, 0.6) is 0 Å². The number of rotatable bonds is 8. The minimum Gasteiger partial charge on any atom is -0.394 e. The molecular weight excluding hydrogens is 218 g/mol. The summed E-state index contributed by atoms with van der Waals surface area (Å²) in [5.41, 5.74) is 5.46. The van der Waals surface area contributed by atoms with E-state index in [1.165, 1.54) is 12.8 Å². The van der Waals surface area contributed by atoms with Gasteiger partial charge in [0.2, 0.25) is 0 Å². The van der Waals surface area contributed by atoms with Crippen LogP contribution in [0.15, 0.2) is 0 Å². The molecule has 0 amide bonds. The first-order chi connectivity index (χ1) is 8.26. The Morgan fingerprint density at radius 1 is 1.00 bits per heavy atom. The van der Waals surface area contributed by atoms with Gasteiger partial charge in [-0.2, -0.15) is 0 Å². The molecule has 1 heterocycles. The molecule has 0 aromatic rings. The van der Waals surface area contributed by atoms with Crippen LogP contribution in [0.4, 0.5) is 0 Å². The third kappa shape index (κ3) is 6.33. The Balaban J connectivity index is 2.05. The summed E-state index contributed by atoms with van der Waals surface area (Å²) in [5, 5.41) is 18.1. The van der Waals surface area contributed by atoms with Crippen molar-refractivity contribution in [1.82, 2.24) is 9.80 Å². The number of unbranched alkanes of at least 4 members (excludes halogenated alkanes) is 2. The maximum absolute atomic E-state index is 9.36. The molecule has 0 spiro atoms. The first kappa shape index (κ1) is 14.9. The van der Waals surface area contributed by atoms with Gasteiger partial charge in [0, 0.05) is 32.7 Å². The second-order valence-corrected chi connectivity index (χ2v) is 4.83. The van der Waals surface area contributed by atoms with Crippen molar-refractivity contribution in [2.75, 3.05) is 52.4 Å². The maximum atomic E-state index is 9.36. The van der Waals surface area contributed by atoms with Crippen molar-refractivity contribution in [1.29, 1.82) is 0 Å². The van der Waals surface area contributed by atoms with E-state index in [-0.39, 0.29) is 6.61 Å². The third-order valence-corrected chi connectivity index (χ3v) is 3.32. The topological polar surface area (TPSA) is 73.0 Å². The Morgan fingerprint density at radius 3 is 2.24 bits per heavy atom. The molecule has 1 unspecified atom stereocenters. The van der Waals surface area contributed by atoms with E-state index in [1.807, 2.05) is 0 Å². The molecule has 1 atom stereocenters. The van der Waals surface area contributed by atoms with Gasteiger partial charge in [0.1, 0.15) is 0 Å². The molecule has 0 radical (unpaired) electrons. The van der Waals surface area contributed by atoms with Gasteiger partial charge in [-0.3, -0.25) is 4.90 Å². The molecule has 17 heavy (non-hydrogen) atoms. The highest BCUT2D eigenvalue weighted by Gasteiger charge is 2.18. The van der Waals surface area contributed by atoms with Crippen LogP contribution in [-0.4, -0.2) is 78.5 Å². The zero-order chi connectivity index (χ0) is 12.5. The first-order valence-corrected chi connectivity index (χ1v) is 6.70. The number of hydrogen-bond acceptors (Lipinski definition) is 5. The minimum atomic E-state index is -0.592. The van der Waals surface area contributed by atoms with E-state index >= 15 is 0 Å². The van der Waals surface area contributed by atoms with Crippen molar-refractivity contribution in [3.8, 4) is 0 Å². The van der Waals surface area contributed by atoms with Gasteiger partial charge in [-0.05, 0) is 25.9 Å². The standard InChI is InChI=1S/C12H27N3O2/c13-4-2-1-3-5-14-6-8-15(9-7-14)10-12(17)11-16/h12,16-17H,1-11,13H2. The predicted octanol–water partition coefficient (Wildman–Crippen LogP) is -0.914. The Kier molecular flexibility index (Phi) is 7.72. The number of aliphatic hydroxyl groups is 2. The normalized spacial score (nSPS) is 20.6. The van der Waals surface area contributed by atoms with E-state index in [0.717, 1.165) is 45.7 Å². The second-order valence-electron chi connectivity index (χ2n) is 4.83. The zero-order valence-electron chi connectivity index (χ0n) is 10.7. The summed E-state index contributed by atoms with van der Waals surface area (Å²) in [7, 11) is 0.